The maximum Gasteiger partial charge on any atom is 0.0820 e. The van der Waals surface area contributed by atoms with Crippen LogP contribution in [0, 0.1) is 5.92 Å². The molecule has 0 aliphatic rings. The molecule has 21 heavy (non-hydrogen) atoms. The van der Waals surface area contributed by atoms with Crippen molar-refractivity contribution < 1.29 is 5.11 Å². The third kappa shape index (κ3) is 4.85. The summed E-state index contributed by atoms with van der Waals surface area (Å²) in [5.41, 5.74) is 3.85. The van der Waals surface area contributed by atoms with Crippen LogP contribution in [0.4, 0.5) is 0 Å². The molecule has 120 valence electrons. The zero-order chi connectivity index (χ0) is 16.0. The fraction of sp³-hybridized carbons (Fsp3) is 0.700. The normalized spacial score (nSPS) is 13.4. The molecule has 1 heteroatoms. The van der Waals surface area contributed by atoms with Crippen molar-refractivity contribution in [2.75, 3.05) is 0 Å². The quantitative estimate of drug-likeness (QED) is 0.605. The number of benzene rings is 1. The van der Waals surface area contributed by atoms with E-state index in [2.05, 4.69) is 59.7 Å². The van der Waals surface area contributed by atoms with Gasteiger partial charge in [-0.15, -0.1) is 0 Å². The summed E-state index contributed by atoms with van der Waals surface area (Å²) < 4.78 is 0. The molecule has 1 aromatic rings. The Morgan fingerprint density at radius 3 is 1.86 bits per heavy atom. The maximum absolute atomic E-state index is 10.9. The first-order valence-electron chi connectivity index (χ1n) is 8.74. The monoisotopic (exact) mass is 290 g/mol. The number of aliphatic hydroxyl groups excluding tert-OH is 1. The molecule has 0 radical (unpaired) electrons. The molecule has 1 atom stereocenters. The van der Waals surface area contributed by atoms with E-state index in [9.17, 15) is 5.11 Å². The third-order valence-corrected chi connectivity index (χ3v) is 4.48. The summed E-state index contributed by atoms with van der Waals surface area (Å²) in [6.45, 7) is 13.3. The summed E-state index contributed by atoms with van der Waals surface area (Å²) in [6, 6.07) is 6.68. The molecule has 0 spiro atoms. The predicted molar refractivity (Wildman–Crippen MR) is 92.9 cm³/mol. The van der Waals surface area contributed by atoms with E-state index >= 15 is 0 Å². The van der Waals surface area contributed by atoms with E-state index in [0.29, 0.717) is 17.8 Å². The molecule has 0 saturated carbocycles. The molecule has 1 N–H and O–H groups in total. The molecule has 1 unspecified atom stereocenters. The van der Waals surface area contributed by atoms with Crippen molar-refractivity contribution in [2.45, 2.75) is 85.2 Å². The standard InChI is InChI=1S/C20H34O/c1-7-9-16(10-8-2)20(21)18-12-11-17(14(3)4)13-19(18)15(5)6/h11-16,20-21H,7-10H2,1-6H3. The van der Waals surface area contributed by atoms with Gasteiger partial charge in [-0.05, 0) is 47.3 Å². The number of hydrogen-bond acceptors (Lipinski definition) is 1. The van der Waals surface area contributed by atoms with Gasteiger partial charge in [0.25, 0.3) is 0 Å². The molecule has 0 saturated heterocycles. The van der Waals surface area contributed by atoms with Gasteiger partial charge in [0.2, 0.25) is 0 Å². The van der Waals surface area contributed by atoms with Crippen LogP contribution in [0.2, 0.25) is 0 Å². The van der Waals surface area contributed by atoms with Gasteiger partial charge in [0.05, 0.1) is 6.10 Å². The minimum absolute atomic E-state index is 0.316. The zero-order valence-electron chi connectivity index (χ0n) is 14.8. The molecule has 0 heterocycles. The van der Waals surface area contributed by atoms with Gasteiger partial charge in [-0.25, -0.2) is 0 Å². The second-order valence-corrected chi connectivity index (χ2v) is 6.98. The van der Waals surface area contributed by atoms with Gasteiger partial charge >= 0.3 is 0 Å². The highest BCUT2D eigenvalue weighted by molar-refractivity contribution is 5.37. The lowest BCUT2D eigenvalue weighted by Crippen LogP contribution is -2.15. The van der Waals surface area contributed by atoms with Crippen molar-refractivity contribution in [3.05, 3.63) is 34.9 Å². The molecule has 0 aliphatic carbocycles. The van der Waals surface area contributed by atoms with E-state index in [1.165, 1.54) is 11.1 Å². The van der Waals surface area contributed by atoms with Crippen molar-refractivity contribution in [3.63, 3.8) is 0 Å². The van der Waals surface area contributed by atoms with Crippen molar-refractivity contribution in [2.24, 2.45) is 5.92 Å². The molecule has 0 amide bonds. The number of hydrogen-bond donors (Lipinski definition) is 1. The SMILES string of the molecule is CCCC(CCC)C(O)c1ccc(C(C)C)cc1C(C)C. The highest BCUT2D eigenvalue weighted by Gasteiger charge is 2.23. The first-order chi connectivity index (χ1) is 9.92. The van der Waals surface area contributed by atoms with Gasteiger partial charge in [-0.1, -0.05) is 72.6 Å². The maximum atomic E-state index is 10.9. The molecule has 1 rings (SSSR count). The van der Waals surface area contributed by atoms with Gasteiger partial charge in [0, 0.05) is 0 Å². The highest BCUT2D eigenvalue weighted by atomic mass is 16.3. The molecule has 0 bridgehead atoms. The molecular formula is C20H34O. The predicted octanol–water partition coefficient (Wildman–Crippen LogP) is 6.18. The largest absolute Gasteiger partial charge is 0.388 e. The minimum atomic E-state index is -0.316. The Morgan fingerprint density at radius 1 is 0.857 bits per heavy atom. The minimum Gasteiger partial charge on any atom is -0.388 e. The first kappa shape index (κ1) is 18.2. The van der Waals surface area contributed by atoms with E-state index in [-0.39, 0.29) is 6.10 Å². The first-order valence-corrected chi connectivity index (χ1v) is 8.74. The molecular weight excluding hydrogens is 256 g/mol. The summed E-state index contributed by atoms with van der Waals surface area (Å²) in [5.74, 6) is 1.38. The van der Waals surface area contributed by atoms with Crippen LogP contribution in [0.1, 0.15) is 102 Å². The summed E-state index contributed by atoms with van der Waals surface area (Å²) in [5, 5.41) is 10.9. The summed E-state index contributed by atoms with van der Waals surface area (Å²) in [6.07, 6.45) is 4.19. The zero-order valence-corrected chi connectivity index (χ0v) is 14.8. The molecule has 0 aromatic heterocycles. The van der Waals surface area contributed by atoms with E-state index in [1.807, 2.05) is 0 Å². The van der Waals surface area contributed by atoms with E-state index in [0.717, 1.165) is 31.2 Å². The van der Waals surface area contributed by atoms with Crippen LogP contribution >= 0.6 is 0 Å². The Hall–Kier alpha value is -0.820. The Labute approximate surface area is 131 Å². The van der Waals surface area contributed by atoms with Crippen molar-refractivity contribution >= 4 is 0 Å². The van der Waals surface area contributed by atoms with Crippen molar-refractivity contribution in [1.29, 1.82) is 0 Å². The Kier molecular flexibility index (Phi) is 7.45. The fourth-order valence-corrected chi connectivity index (χ4v) is 3.18. The second kappa shape index (κ2) is 8.58. The lowest BCUT2D eigenvalue weighted by atomic mass is 9.82. The van der Waals surface area contributed by atoms with E-state index < -0.39 is 0 Å². The third-order valence-electron chi connectivity index (χ3n) is 4.48. The van der Waals surface area contributed by atoms with Crippen LogP contribution in [0.25, 0.3) is 0 Å². The Bertz CT molecular complexity index is 414. The second-order valence-electron chi connectivity index (χ2n) is 6.98. The van der Waals surface area contributed by atoms with Gasteiger partial charge < -0.3 is 5.11 Å². The van der Waals surface area contributed by atoms with Gasteiger partial charge in [-0.3, -0.25) is 0 Å². The molecule has 0 aliphatic heterocycles. The lowest BCUT2D eigenvalue weighted by Gasteiger charge is -2.26. The van der Waals surface area contributed by atoms with Crippen LogP contribution in [-0.4, -0.2) is 5.11 Å². The number of rotatable bonds is 8. The number of aliphatic hydroxyl groups is 1. The van der Waals surface area contributed by atoms with Crippen LogP contribution in [0.15, 0.2) is 18.2 Å². The lowest BCUT2D eigenvalue weighted by molar-refractivity contribution is 0.0953. The van der Waals surface area contributed by atoms with Gasteiger partial charge in [-0.2, -0.15) is 0 Å². The highest BCUT2D eigenvalue weighted by Crippen LogP contribution is 2.35. The van der Waals surface area contributed by atoms with Crippen LogP contribution < -0.4 is 0 Å². The van der Waals surface area contributed by atoms with Crippen molar-refractivity contribution in [1.82, 2.24) is 0 Å². The van der Waals surface area contributed by atoms with E-state index in [4.69, 9.17) is 0 Å². The topological polar surface area (TPSA) is 20.2 Å². The van der Waals surface area contributed by atoms with Crippen LogP contribution in [0.3, 0.4) is 0 Å². The molecule has 0 fully saturated rings. The van der Waals surface area contributed by atoms with Crippen LogP contribution in [0.5, 0.6) is 0 Å². The Morgan fingerprint density at radius 2 is 1.43 bits per heavy atom. The summed E-state index contributed by atoms with van der Waals surface area (Å²) in [4.78, 5) is 0. The Balaban J connectivity index is 3.14. The fourth-order valence-electron chi connectivity index (χ4n) is 3.18. The average Bonchev–Trinajstić information content (AvgIpc) is 2.45. The smallest absolute Gasteiger partial charge is 0.0820 e. The summed E-state index contributed by atoms with van der Waals surface area (Å²) >= 11 is 0. The summed E-state index contributed by atoms with van der Waals surface area (Å²) in [7, 11) is 0. The van der Waals surface area contributed by atoms with Gasteiger partial charge in [0.15, 0.2) is 0 Å². The van der Waals surface area contributed by atoms with Crippen LogP contribution in [-0.2, 0) is 0 Å². The van der Waals surface area contributed by atoms with Crippen molar-refractivity contribution in [3.8, 4) is 0 Å². The molecule has 1 aromatic carbocycles. The van der Waals surface area contributed by atoms with Gasteiger partial charge in [0.1, 0.15) is 0 Å². The molecule has 1 nitrogen and oxygen atoms in total. The van der Waals surface area contributed by atoms with E-state index in [1.54, 1.807) is 0 Å². The average molecular weight is 290 g/mol.